The molecule has 0 amide bonds. The van der Waals surface area contributed by atoms with E-state index in [1.807, 2.05) is 0 Å². The van der Waals surface area contributed by atoms with Gasteiger partial charge < -0.3 is 10.8 Å². The van der Waals surface area contributed by atoms with E-state index in [1.165, 1.54) is 0 Å². The van der Waals surface area contributed by atoms with Crippen molar-refractivity contribution in [3.63, 3.8) is 0 Å². The van der Waals surface area contributed by atoms with E-state index in [0.717, 1.165) is 18.2 Å². The first-order chi connectivity index (χ1) is 6.56. The van der Waals surface area contributed by atoms with Crippen molar-refractivity contribution in [1.29, 1.82) is 0 Å². The van der Waals surface area contributed by atoms with Crippen molar-refractivity contribution in [3.8, 4) is 0 Å². The average molecular weight is 238 g/mol. The third kappa shape index (κ3) is 3.14. The second kappa shape index (κ2) is 5.63. The van der Waals surface area contributed by atoms with Crippen molar-refractivity contribution in [2.45, 2.75) is 5.92 Å². The first kappa shape index (κ1) is 13.8. The van der Waals surface area contributed by atoms with Crippen molar-refractivity contribution in [1.82, 2.24) is 0 Å². The Kier molecular flexibility index (Phi) is 5.18. The number of rotatable bonds is 3. The predicted molar refractivity (Wildman–Crippen MR) is 53.0 cm³/mol. The first-order valence-electron chi connectivity index (χ1n) is 3.94. The minimum atomic E-state index is -1.27. The van der Waals surface area contributed by atoms with Crippen LogP contribution in [0.2, 0.25) is 0 Å². The highest BCUT2D eigenvalue weighted by Gasteiger charge is 2.21. The number of benzene rings is 1. The van der Waals surface area contributed by atoms with E-state index in [0.29, 0.717) is 0 Å². The smallest absolute Gasteiger partial charge is 0.312 e. The summed E-state index contributed by atoms with van der Waals surface area (Å²) in [7, 11) is 0. The molecule has 1 atom stereocenters. The summed E-state index contributed by atoms with van der Waals surface area (Å²) in [5.74, 6) is -3.91. The van der Waals surface area contributed by atoms with Crippen LogP contribution in [0.3, 0.4) is 0 Å². The van der Waals surface area contributed by atoms with Gasteiger partial charge in [0.25, 0.3) is 0 Å². The Hall–Kier alpha value is -1.20. The molecule has 1 aromatic rings. The summed E-state index contributed by atoms with van der Waals surface area (Å²) in [6.45, 7) is -0.268. The Morgan fingerprint density at radius 2 is 2.07 bits per heavy atom. The third-order valence-electron chi connectivity index (χ3n) is 1.87. The van der Waals surface area contributed by atoms with Gasteiger partial charge in [-0.1, -0.05) is 0 Å². The third-order valence-corrected chi connectivity index (χ3v) is 1.87. The molecule has 0 aromatic heterocycles. The number of carboxylic acids is 1. The summed E-state index contributed by atoms with van der Waals surface area (Å²) >= 11 is 0. The standard InChI is InChI=1S/C9H9F2NO2.ClH/c10-5-1-2-8(11)6(3-5)7(4-12)9(13)14;/h1-3,7H,4,12H2,(H,13,14);1H. The molecule has 0 saturated carbocycles. The molecule has 0 saturated heterocycles. The molecule has 0 aliphatic carbocycles. The van der Waals surface area contributed by atoms with Crippen LogP contribution in [0.15, 0.2) is 18.2 Å². The fraction of sp³-hybridized carbons (Fsp3) is 0.222. The molecule has 3 nitrogen and oxygen atoms in total. The minimum Gasteiger partial charge on any atom is -0.481 e. The maximum Gasteiger partial charge on any atom is 0.312 e. The Bertz CT molecular complexity index is 360. The zero-order valence-corrected chi connectivity index (χ0v) is 8.43. The van der Waals surface area contributed by atoms with Crippen LogP contribution >= 0.6 is 12.4 Å². The van der Waals surface area contributed by atoms with Crippen LogP contribution < -0.4 is 5.73 Å². The average Bonchev–Trinajstić information content (AvgIpc) is 2.11. The largest absolute Gasteiger partial charge is 0.481 e. The Morgan fingerprint density at radius 3 is 2.53 bits per heavy atom. The minimum absolute atomic E-state index is 0. The second-order valence-electron chi connectivity index (χ2n) is 2.79. The molecule has 3 N–H and O–H groups in total. The van der Waals surface area contributed by atoms with E-state index in [-0.39, 0.29) is 24.5 Å². The van der Waals surface area contributed by atoms with Gasteiger partial charge in [0.05, 0.1) is 5.92 Å². The molecule has 0 aliphatic rings. The quantitative estimate of drug-likeness (QED) is 0.838. The van der Waals surface area contributed by atoms with Gasteiger partial charge in [-0.25, -0.2) is 8.78 Å². The molecule has 6 heteroatoms. The van der Waals surface area contributed by atoms with Gasteiger partial charge in [0, 0.05) is 12.1 Å². The highest BCUT2D eigenvalue weighted by atomic mass is 35.5. The van der Waals surface area contributed by atoms with Gasteiger partial charge in [0.2, 0.25) is 0 Å². The van der Waals surface area contributed by atoms with E-state index in [2.05, 4.69) is 0 Å². The second-order valence-corrected chi connectivity index (χ2v) is 2.79. The van der Waals surface area contributed by atoms with Crippen molar-refractivity contribution in [2.75, 3.05) is 6.54 Å². The summed E-state index contributed by atoms with van der Waals surface area (Å²) in [6.07, 6.45) is 0. The zero-order valence-electron chi connectivity index (χ0n) is 7.61. The van der Waals surface area contributed by atoms with Crippen molar-refractivity contribution >= 4 is 18.4 Å². The van der Waals surface area contributed by atoms with E-state index < -0.39 is 23.5 Å². The molecule has 15 heavy (non-hydrogen) atoms. The predicted octanol–water partition coefficient (Wildman–Crippen LogP) is 1.51. The summed E-state index contributed by atoms with van der Waals surface area (Å²) in [5.41, 5.74) is 4.93. The van der Waals surface area contributed by atoms with Crippen LogP contribution in [0.1, 0.15) is 11.5 Å². The topological polar surface area (TPSA) is 63.3 Å². The highest BCUT2D eigenvalue weighted by Crippen LogP contribution is 2.19. The van der Waals surface area contributed by atoms with Gasteiger partial charge in [0.15, 0.2) is 0 Å². The maximum absolute atomic E-state index is 13.1. The lowest BCUT2D eigenvalue weighted by atomic mass is 9.99. The number of nitrogens with two attached hydrogens (primary N) is 1. The molecule has 0 aliphatic heterocycles. The van der Waals surface area contributed by atoms with Crippen LogP contribution in [-0.2, 0) is 4.79 Å². The van der Waals surface area contributed by atoms with E-state index in [9.17, 15) is 13.6 Å². The molecule has 1 aromatic carbocycles. The normalized spacial score (nSPS) is 11.7. The lowest BCUT2D eigenvalue weighted by molar-refractivity contribution is -0.138. The molecule has 1 rings (SSSR count). The van der Waals surface area contributed by atoms with Gasteiger partial charge in [0.1, 0.15) is 11.6 Å². The van der Waals surface area contributed by atoms with Crippen molar-refractivity contribution in [3.05, 3.63) is 35.4 Å². The Balaban J connectivity index is 0.00000196. The SMILES string of the molecule is Cl.NCC(C(=O)O)c1cc(F)ccc1F. The van der Waals surface area contributed by atoms with E-state index in [4.69, 9.17) is 10.8 Å². The lowest BCUT2D eigenvalue weighted by Gasteiger charge is -2.10. The van der Waals surface area contributed by atoms with Crippen LogP contribution in [0, 0.1) is 11.6 Å². The number of carbonyl (C=O) groups is 1. The molecule has 1 unspecified atom stereocenters. The number of aliphatic carboxylic acids is 1. The van der Waals surface area contributed by atoms with Gasteiger partial charge in [-0.15, -0.1) is 12.4 Å². The molecular formula is C9H10ClF2NO2. The van der Waals surface area contributed by atoms with Gasteiger partial charge >= 0.3 is 5.97 Å². The summed E-state index contributed by atoms with van der Waals surface area (Å²) in [4.78, 5) is 10.6. The molecule has 0 spiro atoms. The van der Waals surface area contributed by atoms with Crippen molar-refractivity contribution in [2.24, 2.45) is 5.73 Å². The van der Waals surface area contributed by atoms with E-state index in [1.54, 1.807) is 0 Å². The summed E-state index contributed by atoms with van der Waals surface area (Å²) in [5, 5.41) is 8.67. The van der Waals surface area contributed by atoms with Gasteiger partial charge in [-0.2, -0.15) is 0 Å². The Labute approximate surface area is 91.3 Å². The fourth-order valence-electron chi connectivity index (χ4n) is 1.14. The van der Waals surface area contributed by atoms with Crippen LogP contribution in [0.5, 0.6) is 0 Å². The number of hydrogen-bond donors (Lipinski definition) is 2. The highest BCUT2D eigenvalue weighted by molar-refractivity contribution is 5.85. The van der Waals surface area contributed by atoms with Crippen LogP contribution in [0.25, 0.3) is 0 Å². The molecule has 0 radical (unpaired) electrons. The molecule has 0 fully saturated rings. The van der Waals surface area contributed by atoms with E-state index >= 15 is 0 Å². The first-order valence-corrected chi connectivity index (χ1v) is 3.94. The fourth-order valence-corrected chi connectivity index (χ4v) is 1.14. The zero-order chi connectivity index (χ0) is 10.7. The molecular weight excluding hydrogens is 228 g/mol. The van der Waals surface area contributed by atoms with Crippen LogP contribution in [0.4, 0.5) is 8.78 Å². The maximum atomic E-state index is 13.1. The van der Waals surface area contributed by atoms with Gasteiger partial charge in [-0.3, -0.25) is 4.79 Å². The molecule has 0 bridgehead atoms. The Morgan fingerprint density at radius 1 is 1.47 bits per heavy atom. The number of halogens is 3. The molecule has 0 heterocycles. The van der Waals surface area contributed by atoms with Crippen LogP contribution in [-0.4, -0.2) is 17.6 Å². The number of hydrogen-bond acceptors (Lipinski definition) is 2. The summed E-state index contributed by atoms with van der Waals surface area (Å²) < 4.78 is 25.8. The van der Waals surface area contributed by atoms with Gasteiger partial charge in [-0.05, 0) is 18.2 Å². The molecule has 84 valence electrons. The lowest BCUT2D eigenvalue weighted by Crippen LogP contribution is -2.22. The number of carboxylic acid groups (broad SMARTS) is 1. The summed E-state index contributed by atoms with van der Waals surface area (Å²) in [6, 6.07) is 2.66. The monoisotopic (exact) mass is 237 g/mol. The van der Waals surface area contributed by atoms with Crippen molar-refractivity contribution < 1.29 is 18.7 Å².